The van der Waals surface area contributed by atoms with E-state index in [-0.39, 0.29) is 11.7 Å². The Bertz CT molecular complexity index is 746. The number of carbonyl (C=O) groups excluding carboxylic acids is 1. The Morgan fingerprint density at radius 3 is 2.74 bits per heavy atom. The van der Waals surface area contributed by atoms with E-state index in [1.807, 2.05) is 30.3 Å². The zero-order valence-corrected chi connectivity index (χ0v) is 12.8. The van der Waals surface area contributed by atoms with Crippen LogP contribution in [-0.2, 0) is 6.54 Å². The molecular weight excluding hydrogens is 291 g/mol. The highest BCUT2D eigenvalue weighted by Crippen LogP contribution is 2.36. The van der Waals surface area contributed by atoms with Crippen LogP contribution in [0.15, 0.2) is 48.5 Å². The largest absolute Gasteiger partial charge is 0.352 e. The van der Waals surface area contributed by atoms with Gasteiger partial charge in [0.05, 0.1) is 0 Å². The topological polar surface area (TPSA) is 32.3 Å². The number of likely N-dealkylation sites (tertiary alicyclic amines) is 1. The highest BCUT2D eigenvalue weighted by molar-refractivity contribution is 5.96. The number of halogens is 1. The molecule has 1 fully saturated rings. The van der Waals surface area contributed by atoms with Gasteiger partial charge in [0, 0.05) is 43.2 Å². The molecule has 2 unspecified atom stereocenters. The van der Waals surface area contributed by atoms with Crippen LogP contribution in [0.25, 0.3) is 0 Å². The smallest absolute Gasteiger partial charge is 0.251 e. The lowest BCUT2D eigenvalue weighted by molar-refractivity contribution is 0.0951. The van der Waals surface area contributed by atoms with E-state index in [1.165, 1.54) is 6.07 Å². The minimum atomic E-state index is -0.145. The quantitative estimate of drug-likeness (QED) is 0.925. The molecule has 0 radical (unpaired) electrons. The Morgan fingerprint density at radius 2 is 1.87 bits per heavy atom. The Balaban J connectivity index is 1.59. The third-order valence-corrected chi connectivity index (χ3v) is 5.00. The summed E-state index contributed by atoms with van der Waals surface area (Å²) in [7, 11) is 0. The lowest BCUT2D eigenvalue weighted by Gasteiger charge is -2.17. The van der Waals surface area contributed by atoms with Crippen molar-refractivity contribution < 1.29 is 9.18 Å². The van der Waals surface area contributed by atoms with Crippen molar-refractivity contribution >= 4 is 5.91 Å². The molecule has 2 atom stereocenters. The number of hydrogen-bond acceptors (Lipinski definition) is 2. The molecule has 4 heteroatoms. The van der Waals surface area contributed by atoms with Gasteiger partial charge >= 0.3 is 0 Å². The molecule has 23 heavy (non-hydrogen) atoms. The predicted octanol–water partition coefficient (Wildman–Crippen LogP) is 2.78. The van der Waals surface area contributed by atoms with Gasteiger partial charge in [-0.15, -0.1) is 0 Å². The van der Waals surface area contributed by atoms with Gasteiger partial charge in [-0.05, 0) is 23.6 Å². The van der Waals surface area contributed by atoms with E-state index in [0.717, 1.165) is 29.8 Å². The van der Waals surface area contributed by atoms with Crippen LogP contribution >= 0.6 is 0 Å². The highest BCUT2D eigenvalue weighted by Gasteiger charge is 2.37. The molecule has 118 valence electrons. The first-order valence-corrected chi connectivity index (χ1v) is 8.05. The van der Waals surface area contributed by atoms with E-state index in [2.05, 4.69) is 16.3 Å². The molecular formula is C19H19FN2O. The Hall–Kier alpha value is -2.20. The SMILES string of the molecule is O=C1NCC2CN(Cc3ccccc3F)CC2c2ccccc21. The van der Waals surface area contributed by atoms with Gasteiger partial charge in [-0.3, -0.25) is 9.69 Å². The third kappa shape index (κ3) is 2.63. The summed E-state index contributed by atoms with van der Waals surface area (Å²) in [6.07, 6.45) is 0. The fourth-order valence-corrected chi connectivity index (χ4v) is 3.86. The van der Waals surface area contributed by atoms with Crippen LogP contribution in [0.5, 0.6) is 0 Å². The van der Waals surface area contributed by atoms with Crippen LogP contribution in [0.2, 0.25) is 0 Å². The lowest BCUT2D eigenvalue weighted by Crippen LogP contribution is -2.29. The van der Waals surface area contributed by atoms with Crippen LogP contribution in [-0.4, -0.2) is 30.4 Å². The molecule has 1 amide bonds. The minimum absolute atomic E-state index is 0.0238. The Labute approximate surface area is 135 Å². The number of fused-ring (bicyclic) bond motifs is 3. The average Bonchev–Trinajstić information content (AvgIpc) is 2.92. The molecule has 2 aromatic rings. The Morgan fingerprint density at radius 1 is 1.09 bits per heavy atom. The average molecular weight is 310 g/mol. The summed E-state index contributed by atoms with van der Waals surface area (Å²) in [6, 6.07) is 14.8. The van der Waals surface area contributed by atoms with Gasteiger partial charge in [-0.25, -0.2) is 4.39 Å². The molecule has 0 aromatic heterocycles. The number of nitrogens with one attached hydrogen (secondary N) is 1. The second-order valence-electron chi connectivity index (χ2n) is 6.45. The molecule has 2 aromatic carbocycles. The van der Waals surface area contributed by atoms with Gasteiger partial charge in [0.1, 0.15) is 5.82 Å². The second kappa shape index (κ2) is 5.78. The maximum atomic E-state index is 13.9. The van der Waals surface area contributed by atoms with Crippen LogP contribution in [0.4, 0.5) is 4.39 Å². The highest BCUT2D eigenvalue weighted by atomic mass is 19.1. The molecule has 0 aliphatic carbocycles. The monoisotopic (exact) mass is 310 g/mol. The van der Waals surface area contributed by atoms with Crippen molar-refractivity contribution in [2.24, 2.45) is 5.92 Å². The maximum Gasteiger partial charge on any atom is 0.251 e. The van der Waals surface area contributed by atoms with Crippen molar-refractivity contribution in [3.8, 4) is 0 Å². The van der Waals surface area contributed by atoms with Crippen molar-refractivity contribution in [3.05, 3.63) is 71.0 Å². The molecule has 1 saturated heterocycles. The predicted molar refractivity (Wildman–Crippen MR) is 86.7 cm³/mol. The summed E-state index contributed by atoms with van der Waals surface area (Å²) in [6.45, 7) is 3.06. The van der Waals surface area contributed by atoms with Gasteiger partial charge in [-0.1, -0.05) is 36.4 Å². The first-order valence-electron chi connectivity index (χ1n) is 8.05. The lowest BCUT2D eigenvalue weighted by atomic mass is 9.87. The van der Waals surface area contributed by atoms with Crippen LogP contribution in [0.3, 0.4) is 0 Å². The molecule has 2 aliphatic rings. The fraction of sp³-hybridized carbons (Fsp3) is 0.316. The zero-order valence-electron chi connectivity index (χ0n) is 12.8. The molecule has 4 rings (SSSR count). The second-order valence-corrected chi connectivity index (χ2v) is 6.45. The van der Waals surface area contributed by atoms with Crippen molar-refractivity contribution in [1.29, 1.82) is 0 Å². The summed E-state index contributed by atoms with van der Waals surface area (Å²) >= 11 is 0. The van der Waals surface area contributed by atoms with Crippen molar-refractivity contribution in [2.45, 2.75) is 12.5 Å². The number of hydrogen-bond donors (Lipinski definition) is 1. The van der Waals surface area contributed by atoms with Crippen molar-refractivity contribution in [2.75, 3.05) is 19.6 Å². The summed E-state index contributed by atoms with van der Waals surface area (Å²) < 4.78 is 13.9. The molecule has 0 saturated carbocycles. The number of nitrogens with zero attached hydrogens (tertiary/aromatic N) is 1. The third-order valence-electron chi connectivity index (χ3n) is 5.00. The van der Waals surface area contributed by atoms with Gasteiger partial charge in [0.15, 0.2) is 0 Å². The van der Waals surface area contributed by atoms with E-state index in [4.69, 9.17) is 0 Å². The number of amides is 1. The molecule has 2 heterocycles. The summed E-state index contributed by atoms with van der Waals surface area (Å²) in [5.41, 5.74) is 2.65. The van der Waals surface area contributed by atoms with Crippen molar-refractivity contribution in [3.63, 3.8) is 0 Å². The minimum Gasteiger partial charge on any atom is -0.352 e. The standard InChI is InChI=1S/C19H19FN2O/c20-18-8-4-1-5-13(18)10-22-11-14-9-21-19(23)16-7-3-2-6-15(16)17(14)12-22/h1-8,14,17H,9-12H2,(H,21,23). The summed E-state index contributed by atoms with van der Waals surface area (Å²) in [5, 5.41) is 3.03. The van der Waals surface area contributed by atoms with Gasteiger partial charge in [0.25, 0.3) is 5.91 Å². The molecule has 0 spiro atoms. The molecule has 2 aliphatic heterocycles. The zero-order chi connectivity index (χ0) is 15.8. The van der Waals surface area contributed by atoms with Gasteiger partial charge < -0.3 is 5.32 Å². The van der Waals surface area contributed by atoms with E-state index in [1.54, 1.807) is 6.07 Å². The first kappa shape index (κ1) is 14.4. The first-order chi connectivity index (χ1) is 11.2. The normalized spacial score (nSPS) is 23.8. The number of carbonyl (C=O) groups is 1. The molecule has 0 bridgehead atoms. The van der Waals surface area contributed by atoms with E-state index in [0.29, 0.717) is 24.9 Å². The van der Waals surface area contributed by atoms with E-state index in [9.17, 15) is 9.18 Å². The van der Waals surface area contributed by atoms with Gasteiger partial charge in [-0.2, -0.15) is 0 Å². The maximum absolute atomic E-state index is 13.9. The van der Waals surface area contributed by atoms with Crippen LogP contribution in [0.1, 0.15) is 27.4 Å². The van der Waals surface area contributed by atoms with Crippen LogP contribution in [0, 0.1) is 11.7 Å². The van der Waals surface area contributed by atoms with Gasteiger partial charge in [0.2, 0.25) is 0 Å². The van der Waals surface area contributed by atoms with E-state index >= 15 is 0 Å². The fourth-order valence-electron chi connectivity index (χ4n) is 3.86. The van der Waals surface area contributed by atoms with Crippen molar-refractivity contribution in [1.82, 2.24) is 10.2 Å². The Kier molecular flexibility index (Phi) is 3.62. The van der Waals surface area contributed by atoms with Crippen LogP contribution < -0.4 is 5.32 Å². The molecule has 3 nitrogen and oxygen atoms in total. The summed E-state index contributed by atoms with van der Waals surface area (Å²) in [5.74, 6) is 0.593. The van der Waals surface area contributed by atoms with E-state index < -0.39 is 0 Å². The number of rotatable bonds is 2. The molecule has 1 N–H and O–H groups in total. The number of benzene rings is 2. The summed E-state index contributed by atoms with van der Waals surface area (Å²) in [4.78, 5) is 14.5.